The third-order valence-corrected chi connectivity index (χ3v) is 6.31. The molecule has 0 amide bonds. The molecule has 0 atom stereocenters. The maximum atomic E-state index is 13.2. The van der Waals surface area contributed by atoms with Gasteiger partial charge in [0.15, 0.2) is 5.16 Å². The molecule has 0 bridgehead atoms. The van der Waals surface area contributed by atoms with Gasteiger partial charge in [0.1, 0.15) is 9.53 Å². The SMILES string of the molecule is CCSc1nc2c(sc3ncccc32)c(=O)n1Cc1ccc(CC)cc1. The molecule has 0 saturated carbocycles. The van der Waals surface area contributed by atoms with Crippen LogP contribution in [0.15, 0.2) is 52.5 Å². The van der Waals surface area contributed by atoms with Crippen LogP contribution in [-0.2, 0) is 13.0 Å². The van der Waals surface area contributed by atoms with Gasteiger partial charge in [0.2, 0.25) is 0 Å². The molecule has 0 unspecified atom stereocenters. The Morgan fingerprint density at radius 3 is 2.62 bits per heavy atom. The third-order valence-electron chi connectivity index (χ3n) is 4.36. The Bertz CT molecular complexity index is 1130. The van der Waals surface area contributed by atoms with E-state index in [4.69, 9.17) is 4.98 Å². The minimum absolute atomic E-state index is 0.0218. The lowest BCUT2D eigenvalue weighted by Crippen LogP contribution is -2.23. The summed E-state index contributed by atoms with van der Waals surface area (Å²) >= 11 is 3.04. The number of aromatic nitrogens is 3. The summed E-state index contributed by atoms with van der Waals surface area (Å²) in [4.78, 5) is 23.3. The molecule has 132 valence electrons. The van der Waals surface area contributed by atoms with E-state index in [0.717, 1.165) is 38.6 Å². The molecule has 3 heterocycles. The van der Waals surface area contributed by atoms with Crippen molar-refractivity contribution in [3.05, 3.63) is 64.1 Å². The second-order valence-corrected chi connectivity index (χ2v) is 8.25. The Hall–Kier alpha value is -2.18. The van der Waals surface area contributed by atoms with E-state index in [1.54, 1.807) is 22.5 Å². The highest BCUT2D eigenvalue weighted by Crippen LogP contribution is 2.30. The van der Waals surface area contributed by atoms with Crippen LogP contribution in [0.25, 0.3) is 20.4 Å². The zero-order chi connectivity index (χ0) is 18.1. The molecule has 0 aliphatic carbocycles. The molecular formula is C20H19N3OS2. The normalized spacial score (nSPS) is 11.5. The second kappa shape index (κ2) is 7.21. The molecule has 0 radical (unpaired) electrons. The highest BCUT2D eigenvalue weighted by Gasteiger charge is 2.16. The summed E-state index contributed by atoms with van der Waals surface area (Å²) in [5, 5.41) is 1.73. The van der Waals surface area contributed by atoms with Crippen molar-refractivity contribution in [2.45, 2.75) is 32.0 Å². The summed E-state index contributed by atoms with van der Waals surface area (Å²) in [6.45, 7) is 4.76. The molecule has 0 aliphatic heterocycles. The number of thiophene rings is 1. The number of thioether (sulfide) groups is 1. The first-order valence-corrected chi connectivity index (χ1v) is 10.5. The van der Waals surface area contributed by atoms with Gasteiger partial charge in [-0.1, -0.05) is 49.9 Å². The van der Waals surface area contributed by atoms with Crippen LogP contribution in [0.2, 0.25) is 0 Å². The molecule has 1 aromatic carbocycles. The maximum Gasteiger partial charge on any atom is 0.272 e. The van der Waals surface area contributed by atoms with Crippen molar-refractivity contribution in [2.24, 2.45) is 0 Å². The molecule has 4 rings (SSSR count). The van der Waals surface area contributed by atoms with Gasteiger partial charge in [0, 0.05) is 11.6 Å². The Morgan fingerprint density at radius 1 is 1.12 bits per heavy atom. The van der Waals surface area contributed by atoms with Crippen molar-refractivity contribution in [3.63, 3.8) is 0 Å². The van der Waals surface area contributed by atoms with E-state index >= 15 is 0 Å². The Balaban J connectivity index is 1.88. The summed E-state index contributed by atoms with van der Waals surface area (Å²) in [5.74, 6) is 0.868. The van der Waals surface area contributed by atoms with E-state index in [1.165, 1.54) is 16.9 Å². The van der Waals surface area contributed by atoms with Gasteiger partial charge in [-0.05, 0) is 35.4 Å². The van der Waals surface area contributed by atoms with Gasteiger partial charge in [0.25, 0.3) is 5.56 Å². The first-order chi connectivity index (χ1) is 12.7. The van der Waals surface area contributed by atoms with Gasteiger partial charge in [-0.25, -0.2) is 9.97 Å². The monoisotopic (exact) mass is 381 g/mol. The van der Waals surface area contributed by atoms with Crippen molar-refractivity contribution < 1.29 is 0 Å². The second-order valence-electron chi connectivity index (χ2n) is 6.02. The maximum absolute atomic E-state index is 13.2. The van der Waals surface area contributed by atoms with Gasteiger partial charge in [-0.3, -0.25) is 9.36 Å². The largest absolute Gasteiger partial charge is 0.282 e. The molecule has 0 N–H and O–H groups in total. The van der Waals surface area contributed by atoms with Crippen LogP contribution in [0.1, 0.15) is 25.0 Å². The number of hydrogen-bond donors (Lipinski definition) is 0. The summed E-state index contributed by atoms with van der Waals surface area (Å²) in [6.07, 6.45) is 2.77. The smallest absolute Gasteiger partial charge is 0.272 e. The number of rotatable bonds is 5. The van der Waals surface area contributed by atoms with Gasteiger partial charge < -0.3 is 0 Å². The number of aryl methyl sites for hydroxylation is 1. The van der Waals surface area contributed by atoms with Gasteiger partial charge in [-0.2, -0.15) is 0 Å². The Kier molecular flexibility index (Phi) is 4.78. The lowest BCUT2D eigenvalue weighted by molar-refractivity contribution is 0.660. The Labute approximate surface area is 159 Å². The van der Waals surface area contributed by atoms with Gasteiger partial charge in [0.05, 0.1) is 12.1 Å². The topological polar surface area (TPSA) is 47.8 Å². The fourth-order valence-corrected chi connectivity index (χ4v) is 4.73. The van der Waals surface area contributed by atoms with Crippen molar-refractivity contribution in [3.8, 4) is 0 Å². The van der Waals surface area contributed by atoms with Crippen LogP contribution in [-0.4, -0.2) is 20.3 Å². The zero-order valence-electron chi connectivity index (χ0n) is 14.7. The molecule has 0 saturated heterocycles. The molecule has 0 aliphatic rings. The molecule has 4 aromatic rings. The quantitative estimate of drug-likeness (QED) is 0.370. The van der Waals surface area contributed by atoms with E-state index < -0.39 is 0 Å². The predicted molar refractivity (Wildman–Crippen MR) is 111 cm³/mol. The average molecular weight is 382 g/mol. The summed E-state index contributed by atoms with van der Waals surface area (Å²) < 4.78 is 2.48. The van der Waals surface area contributed by atoms with E-state index in [9.17, 15) is 4.79 Å². The highest BCUT2D eigenvalue weighted by atomic mass is 32.2. The van der Waals surface area contributed by atoms with Crippen LogP contribution < -0.4 is 5.56 Å². The zero-order valence-corrected chi connectivity index (χ0v) is 16.4. The van der Waals surface area contributed by atoms with Gasteiger partial charge in [-0.15, -0.1) is 11.3 Å². The molecule has 26 heavy (non-hydrogen) atoms. The lowest BCUT2D eigenvalue weighted by atomic mass is 10.1. The number of pyridine rings is 1. The fraction of sp³-hybridized carbons (Fsp3) is 0.250. The lowest BCUT2D eigenvalue weighted by Gasteiger charge is -2.12. The first kappa shape index (κ1) is 17.2. The standard InChI is InChI=1S/C20H19N3OS2/c1-3-13-7-9-14(10-8-13)12-23-19(24)17-16(22-20(23)25-4-2)15-6-5-11-21-18(15)26-17/h5-11H,3-4,12H2,1-2H3. The summed E-state index contributed by atoms with van der Waals surface area (Å²) in [7, 11) is 0. The van der Waals surface area contributed by atoms with E-state index in [2.05, 4.69) is 43.1 Å². The molecule has 6 heteroatoms. The van der Waals surface area contributed by atoms with Crippen LogP contribution in [0, 0.1) is 0 Å². The number of fused-ring (bicyclic) bond motifs is 3. The van der Waals surface area contributed by atoms with E-state index in [-0.39, 0.29) is 5.56 Å². The predicted octanol–water partition coefficient (Wildman–Crippen LogP) is 4.73. The van der Waals surface area contributed by atoms with Crippen LogP contribution in [0.3, 0.4) is 0 Å². The molecular weight excluding hydrogens is 362 g/mol. The van der Waals surface area contributed by atoms with Crippen molar-refractivity contribution in [1.29, 1.82) is 0 Å². The minimum atomic E-state index is 0.0218. The van der Waals surface area contributed by atoms with E-state index in [1.807, 2.05) is 12.1 Å². The number of hydrogen-bond acceptors (Lipinski definition) is 5. The Morgan fingerprint density at radius 2 is 1.88 bits per heavy atom. The average Bonchev–Trinajstić information content (AvgIpc) is 3.04. The van der Waals surface area contributed by atoms with Crippen molar-refractivity contribution in [1.82, 2.24) is 14.5 Å². The van der Waals surface area contributed by atoms with Crippen LogP contribution >= 0.6 is 23.1 Å². The first-order valence-electron chi connectivity index (χ1n) is 8.70. The summed E-state index contributed by atoms with van der Waals surface area (Å²) in [6, 6.07) is 12.3. The van der Waals surface area contributed by atoms with Crippen LogP contribution in [0.4, 0.5) is 0 Å². The minimum Gasteiger partial charge on any atom is -0.282 e. The van der Waals surface area contributed by atoms with Crippen molar-refractivity contribution in [2.75, 3.05) is 5.75 Å². The van der Waals surface area contributed by atoms with Gasteiger partial charge >= 0.3 is 0 Å². The summed E-state index contributed by atoms with van der Waals surface area (Å²) in [5.41, 5.74) is 3.21. The third kappa shape index (κ3) is 3.04. The highest BCUT2D eigenvalue weighted by molar-refractivity contribution is 7.99. The molecule has 4 nitrogen and oxygen atoms in total. The van der Waals surface area contributed by atoms with Crippen LogP contribution in [0.5, 0.6) is 0 Å². The van der Waals surface area contributed by atoms with E-state index in [0.29, 0.717) is 11.2 Å². The molecule has 0 fully saturated rings. The number of benzene rings is 1. The molecule has 0 spiro atoms. The molecule has 3 aromatic heterocycles. The number of nitrogens with zero attached hydrogens (tertiary/aromatic N) is 3. The fourth-order valence-electron chi connectivity index (χ4n) is 2.98. The van der Waals surface area contributed by atoms with Crippen molar-refractivity contribution >= 4 is 43.5 Å².